The van der Waals surface area contributed by atoms with Gasteiger partial charge in [0.1, 0.15) is 79.5 Å². The number of amides is 1. The fourth-order valence-electron chi connectivity index (χ4n) is 6.62. The Morgan fingerprint density at radius 1 is 1.03 bits per heavy atom. The van der Waals surface area contributed by atoms with E-state index in [0.29, 0.717) is 11.2 Å². The molecular weight excluding hydrogens is 844 g/mol. The number of carbonyl (C=O) groups is 2. The molecule has 1 amide bonds. The largest absolute Gasteiger partial charge is 0.477 e. The molecule has 3 saturated heterocycles. The maximum atomic E-state index is 13.0. The summed E-state index contributed by atoms with van der Waals surface area (Å²) < 4.78 is 39.2. The van der Waals surface area contributed by atoms with Crippen LogP contribution in [0, 0.1) is 0 Å². The van der Waals surface area contributed by atoms with Gasteiger partial charge in [0.2, 0.25) is 0 Å². The van der Waals surface area contributed by atoms with E-state index < -0.39 is 143 Å². The predicted octanol–water partition coefficient (Wildman–Crippen LogP) is -6.32. The number of carboxylic acid groups (broad SMARTS) is 1. The number of fused-ring (bicyclic) bond motifs is 1. The smallest absolute Gasteiger partial charge is 0.407 e. The minimum Gasteiger partial charge on any atom is -0.477 e. The van der Waals surface area contributed by atoms with Gasteiger partial charge in [-0.2, -0.15) is 5.10 Å². The molecule has 0 radical (unpaired) electrons. The van der Waals surface area contributed by atoms with Crippen molar-refractivity contribution in [3.63, 3.8) is 0 Å². The Morgan fingerprint density at radius 3 is 2.43 bits per heavy atom. The van der Waals surface area contributed by atoms with Gasteiger partial charge in [0.15, 0.2) is 12.6 Å². The summed E-state index contributed by atoms with van der Waals surface area (Å²) in [6.45, 7) is -3.57. The van der Waals surface area contributed by atoms with Crippen LogP contribution in [0.15, 0.2) is 33.8 Å². The lowest BCUT2D eigenvalue weighted by Crippen LogP contribution is -2.68. The fourth-order valence-corrected chi connectivity index (χ4v) is 7.28. The molecule has 61 heavy (non-hydrogen) atoms. The Labute approximate surface area is 349 Å². The van der Waals surface area contributed by atoms with Crippen LogP contribution in [-0.4, -0.2) is 222 Å². The maximum Gasteiger partial charge on any atom is 0.407 e. The number of hydrazone groups is 1. The van der Waals surface area contributed by atoms with Crippen LogP contribution in [0.5, 0.6) is 0 Å². The number of aromatic nitrogens is 1. The van der Waals surface area contributed by atoms with E-state index in [0.717, 1.165) is 4.70 Å². The first-order chi connectivity index (χ1) is 29.1. The number of rotatable bonds is 18. The Bertz CT molecular complexity index is 1810. The van der Waals surface area contributed by atoms with Crippen molar-refractivity contribution in [2.24, 2.45) is 21.7 Å². The van der Waals surface area contributed by atoms with Crippen LogP contribution in [0.2, 0.25) is 0 Å². The van der Waals surface area contributed by atoms with Crippen LogP contribution in [0.4, 0.5) is 10.5 Å². The Hall–Kier alpha value is -3.69. The van der Waals surface area contributed by atoms with Gasteiger partial charge in [-0.25, -0.2) is 14.6 Å². The molecule has 16 atom stereocenters. The standard InChI is InChI=1S/C34H50N6O20S/c35-3-4-54-30-27(50)25(48)28(18(9-42)57-30)59-31-26(49)24(47)23(46)19(58-31)11-56-34(32(51)52)6-16(43)21(29(60-34)22(45)17(44)8-41)39-33(53)55-10-14(40-36)7-37-13-1-2-20-15(5-13)38-12-61-20/h1-2,5,7,12,16-19,21-31,41-50H,3-4,6,8-11,35-36H2,(H,39,53)(H,51,52)/b37-7?,40-14+/t16-,17-,18?,19?,21-,22-,23+,24+,25-,26?,27?,28-,29?,30-,31+,34-/m1/s1. The normalized spacial score (nSPS) is 35.9. The zero-order valence-corrected chi connectivity index (χ0v) is 32.8. The number of nitrogens with two attached hydrogens (primary N) is 2. The van der Waals surface area contributed by atoms with Gasteiger partial charge in [0.25, 0.3) is 5.79 Å². The minimum atomic E-state index is -2.96. The van der Waals surface area contributed by atoms with Gasteiger partial charge >= 0.3 is 12.1 Å². The third-order valence-electron chi connectivity index (χ3n) is 9.96. The average Bonchev–Trinajstić information content (AvgIpc) is 3.73. The van der Waals surface area contributed by atoms with Crippen LogP contribution in [0.1, 0.15) is 6.42 Å². The van der Waals surface area contributed by atoms with Gasteiger partial charge in [-0.15, -0.1) is 11.3 Å². The number of hydrogen-bond acceptors (Lipinski definition) is 25. The topological polar surface area (TPSA) is 423 Å². The second kappa shape index (κ2) is 21.6. The molecule has 0 spiro atoms. The molecule has 0 aliphatic carbocycles. The Morgan fingerprint density at radius 2 is 1.75 bits per heavy atom. The molecule has 5 unspecified atom stereocenters. The molecule has 5 rings (SSSR count). The van der Waals surface area contributed by atoms with Crippen molar-refractivity contribution in [3.8, 4) is 0 Å². The van der Waals surface area contributed by atoms with Gasteiger partial charge in [0.05, 0.1) is 66.2 Å². The van der Waals surface area contributed by atoms with E-state index in [2.05, 4.69) is 20.4 Å². The number of nitrogens with zero attached hydrogens (tertiary/aromatic N) is 3. The molecule has 26 nitrogen and oxygen atoms in total. The van der Waals surface area contributed by atoms with Crippen molar-refractivity contribution in [1.29, 1.82) is 0 Å². The van der Waals surface area contributed by atoms with E-state index in [-0.39, 0.29) is 18.9 Å². The molecular formula is C34H50N6O20S. The molecule has 4 heterocycles. The molecule has 0 saturated carbocycles. The number of hydrogen-bond donors (Lipinski definition) is 14. The SMILES string of the molecule is NCCO[C@@H]1OC(CO)[C@@H](O[C@@H]2OC(CO[C@]3(C(=O)O)C[C@@H](O)[C@@H](NC(=O)OC/C(C=Nc4ccc5scnc5c4)=N/N)C([C@H](O)[C@H](O)CO)O3)[C@H](O)[C@H](O)C2O)[C@H](O)C1O. The van der Waals surface area contributed by atoms with Crippen molar-refractivity contribution in [3.05, 3.63) is 23.7 Å². The number of alkyl carbamates (subject to hydrolysis) is 1. The lowest BCUT2D eigenvalue weighted by atomic mass is 9.88. The maximum absolute atomic E-state index is 13.0. The van der Waals surface area contributed by atoms with Crippen LogP contribution < -0.4 is 16.9 Å². The molecule has 16 N–H and O–H groups in total. The predicted molar refractivity (Wildman–Crippen MR) is 203 cm³/mol. The summed E-state index contributed by atoms with van der Waals surface area (Å²) in [4.78, 5) is 34.2. The molecule has 342 valence electrons. The van der Waals surface area contributed by atoms with Crippen molar-refractivity contribution >= 4 is 51.2 Å². The Kier molecular flexibility index (Phi) is 17.1. The zero-order chi connectivity index (χ0) is 44.6. The van der Waals surface area contributed by atoms with Crippen LogP contribution in [0.25, 0.3) is 10.2 Å². The molecule has 1 aromatic carbocycles. The number of ether oxygens (including phenoxy) is 7. The number of aliphatic carboxylic acids is 1. The summed E-state index contributed by atoms with van der Waals surface area (Å²) in [6.07, 6.45) is -27.3. The van der Waals surface area contributed by atoms with E-state index >= 15 is 0 Å². The number of aliphatic imine (C=N–C) groups is 1. The first kappa shape index (κ1) is 48.3. The van der Waals surface area contributed by atoms with Gasteiger partial charge in [-0.05, 0) is 18.2 Å². The summed E-state index contributed by atoms with van der Waals surface area (Å²) in [6, 6.07) is 3.46. The second-order valence-corrected chi connectivity index (χ2v) is 15.0. The second-order valence-electron chi connectivity index (χ2n) is 14.1. The van der Waals surface area contributed by atoms with Crippen molar-refractivity contribution in [1.82, 2.24) is 10.3 Å². The van der Waals surface area contributed by atoms with Gasteiger partial charge in [0, 0.05) is 13.0 Å². The monoisotopic (exact) mass is 894 g/mol. The summed E-state index contributed by atoms with van der Waals surface area (Å²) in [5, 5.41) is 122. The highest BCUT2D eigenvalue weighted by molar-refractivity contribution is 7.16. The molecule has 3 aliphatic heterocycles. The van der Waals surface area contributed by atoms with Gasteiger partial charge in [-0.3, -0.25) is 4.99 Å². The van der Waals surface area contributed by atoms with Crippen molar-refractivity contribution in [2.75, 3.05) is 39.6 Å². The lowest BCUT2D eigenvalue weighted by molar-refractivity contribution is -0.367. The summed E-state index contributed by atoms with van der Waals surface area (Å²) in [5.41, 5.74) is 8.21. The highest BCUT2D eigenvalue weighted by Gasteiger charge is 2.57. The summed E-state index contributed by atoms with van der Waals surface area (Å²) in [7, 11) is 0. The fraction of sp³-hybridized carbons (Fsp3) is 0.676. The molecule has 3 fully saturated rings. The van der Waals surface area contributed by atoms with E-state index in [9.17, 15) is 65.8 Å². The third kappa shape index (κ3) is 11.3. The number of aliphatic hydroxyl groups is 10. The number of carboxylic acids is 1. The molecule has 1 aromatic heterocycles. The molecule has 27 heteroatoms. The lowest BCUT2D eigenvalue weighted by Gasteiger charge is -2.48. The number of benzene rings is 1. The van der Waals surface area contributed by atoms with E-state index in [1.807, 2.05) is 0 Å². The van der Waals surface area contributed by atoms with E-state index in [1.165, 1.54) is 17.6 Å². The summed E-state index contributed by atoms with van der Waals surface area (Å²) in [5.74, 6) is 0.531. The van der Waals surface area contributed by atoms with Gasteiger partial charge < -0.3 is 106 Å². The first-order valence-corrected chi connectivity index (χ1v) is 19.5. The Balaban J connectivity index is 1.26. The number of carbonyl (C=O) groups excluding carboxylic acids is 1. The third-order valence-corrected chi connectivity index (χ3v) is 10.8. The molecule has 0 bridgehead atoms. The quantitative estimate of drug-likeness (QED) is 0.0376. The zero-order valence-electron chi connectivity index (χ0n) is 32.0. The van der Waals surface area contributed by atoms with Gasteiger partial charge in [-0.1, -0.05) is 0 Å². The van der Waals surface area contributed by atoms with Crippen LogP contribution >= 0.6 is 11.3 Å². The van der Waals surface area contributed by atoms with Crippen molar-refractivity contribution in [2.45, 2.75) is 104 Å². The minimum absolute atomic E-state index is 0.0281. The highest BCUT2D eigenvalue weighted by atomic mass is 32.1. The van der Waals surface area contributed by atoms with E-state index in [4.69, 9.17) is 44.7 Å². The number of aliphatic hydroxyl groups excluding tert-OH is 10. The molecule has 3 aliphatic rings. The van der Waals surface area contributed by atoms with E-state index in [1.54, 1.807) is 23.7 Å². The highest BCUT2D eigenvalue weighted by Crippen LogP contribution is 2.36. The summed E-state index contributed by atoms with van der Waals surface area (Å²) >= 11 is 1.43. The van der Waals surface area contributed by atoms with Crippen LogP contribution in [-0.2, 0) is 38.0 Å². The number of nitrogens with one attached hydrogen (secondary N) is 1. The number of thiazole rings is 1. The first-order valence-electron chi connectivity index (χ1n) is 18.6. The molecule has 2 aromatic rings. The van der Waals surface area contributed by atoms with Crippen molar-refractivity contribution < 1.29 is 98.9 Å². The van der Waals surface area contributed by atoms with Crippen LogP contribution in [0.3, 0.4) is 0 Å². The average molecular weight is 895 g/mol.